The predicted molar refractivity (Wildman–Crippen MR) is 106 cm³/mol. The normalized spacial score (nSPS) is 10.8. The first-order valence-corrected chi connectivity index (χ1v) is 9.38. The van der Waals surface area contributed by atoms with Gasteiger partial charge in [-0.1, -0.05) is 41.7 Å². The minimum Gasteiger partial charge on any atom is -0.462 e. The van der Waals surface area contributed by atoms with E-state index in [2.05, 4.69) is 20.3 Å². The number of carbonyl (C=O) groups is 1. The molecular weight excluding hydrogens is 379 g/mol. The first kappa shape index (κ1) is 18.0. The van der Waals surface area contributed by atoms with Crippen LogP contribution in [0, 0.1) is 5.82 Å². The molecule has 0 saturated heterocycles. The minimum absolute atomic E-state index is 0.201. The third-order valence-electron chi connectivity index (χ3n) is 3.89. The molecule has 0 unspecified atom stereocenters. The summed E-state index contributed by atoms with van der Waals surface area (Å²) in [6.07, 6.45) is 1.43. The van der Waals surface area contributed by atoms with Gasteiger partial charge in [-0.15, -0.1) is 0 Å². The number of halogens is 1. The lowest BCUT2D eigenvalue weighted by atomic mass is 10.2. The molecule has 28 heavy (non-hydrogen) atoms. The van der Waals surface area contributed by atoms with E-state index in [1.54, 1.807) is 13.0 Å². The summed E-state index contributed by atoms with van der Waals surface area (Å²) in [5, 5.41) is 3.55. The van der Waals surface area contributed by atoms with Crippen molar-refractivity contribution < 1.29 is 13.9 Å². The van der Waals surface area contributed by atoms with Crippen molar-refractivity contribution in [3.8, 4) is 11.4 Å². The lowest BCUT2D eigenvalue weighted by molar-refractivity contribution is 0.0526. The molecule has 0 aliphatic carbocycles. The smallest absolute Gasteiger partial charge is 0.343 e. The SMILES string of the molecule is CCOC(=O)c1cnc(-c2ccccc2)nc1Nc1nc2ccc(F)cc2s1. The van der Waals surface area contributed by atoms with E-state index in [0.717, 1.165) is 5.56 Å². The highest BCUT2D eigenvalue weighted by Gasteiger charge is 2.18. The quantitative estimate of drug-likeness (QED) is 0.490. The molecule has 0 amide bonds. The third kappa shape index (κ3) is 3.67. The van der Waals surface area contributed by atoms with Crippen LogP contribution in [0.3, 0.4) is 0 Å². The number of ether oxygens (including phenoxy) is 1. The molecule has 0 bridgehead atoms. The number of anilines is 2. The van der Waals surface area contributed by atoms with E-state index in [1.165, 1.54) is 29.7 Å². The van der Waals surface area contributed by atoms with E-state index < -0.39 is 5.97 Å². The van der Waals surface area contributed by atoms with Crippen LogP contribution in [-0.2, 0) is 4.74 Å². The van der Waals surface area contributed by atoms with Gasteiger partial charge in [0, 0.05) is 11.8 Å². The highest BCUT2D eigenvalue weighted by Crippen LogP contribution is 2.30. The van der Waals surface area contributed by atoms with Gasteiger partial charge in [0.05, 0.1) is 16.8 Å². The minimum atomic E-state index is -0.531. The van der Waals surface area contributed by atoms with Crippen LogP contribution in [-0.4, -0.2) is 27.5 Å². The summed E-state index contributed by atoms with van der Waals surface area (Å²) in [7, 11) is 0. The van der Waals surface area contributed by atoms with Crippen LogP contribution >= 0.6 is 11.3 Å². The Bertz CT molecular complexity index is 1150. The van der Waals surface area contributed by atoms with Crippen molar-refractivity contribution in [2.75, 3.05) is 11.9 Å². The van der Waals surface area contributed by atoms with Crippen molar-refractivity contribution >= 4 is 38.5 Å². The summed E-state index contributed by atoms with van der Waals surface area (Å²) in [5.74, 6) is -0.116. The van der Waals surface area contributed by atoms with Crippen LogP contribution in [0.5, 0.6) is 0 Å². The Labute approximate surface area is 164 Å². The standard InChI is InChI=1S/C20H15FN4O2S/c1-2-27-19(26)14-11-22-17(12-6-4-3-5-7-12)24-18(14)25-20-23-15-9-8-13(21)10-16(15)28-20/h3-11H,2H2,1H3,(H,22,23,24,25). The van der Waals surface area contributed by atoms with E-state index in [9.17, 15) is 9.18 Å². The molecule has 1 N–H and O–H groups in total. The highest BCUT2D eigenvalue weighted by atomic mass is 32.1. The lowest BCUT2D eigenvalue weighted by Crippen LogP contribution is -2.11. The Kier molecular flexibility index (Phi) is 4.94. The van der Waals surface area contributed by atoms with Gasteiger partial charge in [-0.3, -0.25) is 0 Å². The maximum Gasteiger partial charge on any atom is 0.343 e. The van der Waals surface area contributed by atoms with Crippen molar-refractivity contribution in [1.82, 2.24) is 15.0 Å². The molecule has 6 nitrogen and oxygen atoms in total. The number of carbonyl (C=O) groups excluding carboxylic acids is 1. The summed E-state index contributed by atoms with van der Waals surface area (Å²) < 4.78 is 19.2. The monoisotopic (exact) mass is 394 g/mol. The molecule has 0 fully saturated rings. The molecule has 0 aliphatic rings. The van der Waals surface area contributed by atoms with Gasteiger partial charge in [0.15, 0.2) is 16.8 Å². The Balaban J connectivity index is 1.75. The summed E-state index contributed by atoms with van der Waals surface area (Å²) in [5.41, 5.74) is 1.67. The molecule has 4 aromatic rings. The number of fused-ring (bicyclic) bond motifs is 1. The number of nitrogens with zero attached hydrogens (tertiary/aromatic N) is 3. The van der Waals surface area contributed by atoms with Gasteiger partial charge in [-0.25, -0.2) is 24.1 Å². The van der Waals surface area contributed by atoms with E-state index in [1.807, 2.05) is 30.3 Å². The van der Waals surface area contributed by atoms with Crippen LogP contribution in [0.2, 0.25) is 0 Å². The van der Waals surface area contributed by atoms with E-state index in [-0.39, 0.29) is 23.8 Å². The Morgan fingerprint density at radius 1 is 1.18 bits per heavy atom. The fraction of sp³-hybridized carbons (Fsp3) is 0.100. The number of rotatable bonds is 5. The molecule has 4 rings (SSSR count). The predicted octanol–water partition coefficient (Wildman–Crippen LogP) is 4.81. The van der Waals surface area contributed by atoms with Gasteiger partial charge in [-0.05, 0) is 25.1 Å². The maximum absolute atomic E-state index is 13.4. The van der Waals surface area contributed by atoms with E-state index >= 15 is 0 Å². The van der Waals surface area contributed by atoms with E-state index in [0.29, 0.717) is 21.2 Å². The molecule has 2 aromatic heterocycles. The molecule has 2 heterocycles. The first-order chi connectivity index (χ1) is 13.6. The largest absolute Gasteiger partial charge is 0.462 e. The average Bonchev–Trinajstić information content (AvgIpc) is 3.10. The third-order valence-corrected chi connectivity index (χ3v) is 4.83. The number of esters is 1. The maximum atomic E-state index is 13.4. The Morgan fingerprint density at radius 3 is 2.79 bits per heavy atom. The number of aromatic nitrogens is 3. The van der Waals surface area contributed by atoms with Gasteiger partial charge in [-0.2, -0.15) is 0 Å². The zero-order valence-electron chi connectivity index (χ0n) is 14.8. The Hall–Kier alpha value is -3.39. The summed E-state index contributed by atoms with van der Waals surface area (Å²) in [6.45, 7) is 1.96. The number of hydrogen-bond acceptors (Lipinski definition) is 7. The van der Waals surface area contributed by atoms with Gasteiger partial charge < -0.3 is 10.1 Å². The number of benzene rings is 2. The van der Waals surface area contributed by atoms with E-state index in [4.69, 9.17) is 4.74 Å². The molecule has 0 atom stereocenters. The van der Waals surface area contributed by atoms with Gasteiger partial charge in [0.1, 0.15) is 11.4 Å². The zero-order chi connectivity index (χ0) is 19.5. The van der Waals surface area contributed by atoms with Crippen molar-refractivity contribution in [3.05, 3.63) is 66.1 Å². The van der Waals surface area contributed by atoms with Crippen LogP contribution in [0.4, 0.5) is 15.3 Å². The van der Waals surface area contributed by atoms with Crippen LogP contribution < -0.4 is 5.32 Å². The second kappa shape index (κ2) is 7.69. The topological polar surface area (TPSA) is 77.0 Å². The number of hydrogen-bond donors (Lipinski definition) is 1. The van der Waals surface area contributed by atoms with Crippen LogP contribution in [0.15, 0.2) is 54.7 Å². The summed E-state index contributed by atoms with van der Waals surface area (Å²) in [4.78, 5) is 25.5. The molecule has 0 radical (unpaired) electrons. The number of thiazole rings is 1. The van der Waals surface area contributed by atoms with Crippen molar-refractivity contribution in [1.29, 1.82) is 0 Å². The molecule has 0 aliphatic heterocycles. The van der Waals surface area contributed by atoms with Gasteiger partial charge in [0.25, 0.3) is 0 Å². The fourth-order valence-electron chi connectivity index (χ4n) is 2.61. The average molecular weight is 394 g/mol. The van der Waals surface area contributed by atoms with Crippen LogP contribution in [0.25, 0.3) is 21.6 Å². The molecular formula is C20H15FN4O2S. The van der Waals surface area contributed by atoms with Crippen molar-refractivity contribution in [2.24, 2.45) is 0 Å². The second-order valence-corrected chi connectivity index (χ2v) is 6.83. The van der Waals surface area contributed by atoms with Crippen molar-refractivity contribution in [2.45, 2.75) is 6.92 Å². The summed E-state index contributed by atoms with van der Waals surface area (Å²) >= 11 is 1.27. The molecule has 8 heteroatoms. The number of nitrogens with one attached hydrogen (secondary N) is 1. The Morgan fingerprint density at radius 2 is 2.00 bits per heavy atom. The first-order valence-electron chi connectivity index (χ1n) is 8.56. The van der Waals surface area contributed by atoms with Crippen molar-refractivity contribution in [3.63, 3.8) is 0 Å². The van der Waals surface area contributed by atoms with Crippen LogP contribution in [0.1, 0.15) is 17.3 Å². The molecule has 2 aromatic carbocycles. The second-order valence-electron chi connectivity index (χ2n) is 5.80. The molecule has 0 spiro atoms. The highest BCUT2D eigenvalue weighted by molar-refractivity contribution is 7.22. The molecule has 140 valence electrons. The summed E-state index contributed by atoms with van der Waals surface area (Å²) in [6, 6.07) is 13.8. The lowest BCUT2D eigenvalue weighted by Gasteiger charge is -2.10. The zero-order valence-corrected chi connectivity index (χ0v) is 15.7. The van der Waals surface area contributed by atoms with Gasteiger partial charge >= 0.3 is 5.97 Å². The molecule has 0 saturated carbocycles. The van der Waals surface area contributed by atoms with Gasteiger partial charge in [0.2, 0.25) is 0 Å². The fourth-order valence-corrected chi connectivity index (χ4v) is 3.50.